The van der Waals surface area contributed by atoms with Gasteiger partial charge in [0.05, 0.1) is 17.7 Å². The maximum absolute atomic E-state index is 10.9. The zero-order valence-corrected chi connectivity index (χ0v) is 8.39. The predicted octanol–water partition coefficient (Wildman–Crippen LogP) is 1.21. The molecule has 1 aliphatic rings. The van der Waals surface area contributed by atoms with Crippen molar-refractivity contribution in [1.82, 2.24) is 10.3 Å². The Morgan fingerprint density at radius 3 is 3.07 bits per heavy atom. The average molecular weight is 206 g/mol. The molecule has 2 rings (SSSR count). The summed E-state index contributed by atoms with van der Waals surface area (Å²) in [4.78, 5) is 15.1. The number of carboxylic acids is 1. The number of carboxylic acid groups (broad SMARTS) is 1. The first-order valence-electron chi connectivity index (χ1n) is 5.14. The van der Waals surface area contributed by atoms with E-state index in [0.717, 1.165) is 12.2 Å². The number of nitrogens with one attached hydrogen (secondary N) is 1. The largest absolute Gasteiger partial charge is 0.481 e. The number of pyridine rings is 1. The third kappa shape index (κ3) is 2.33. The van der Waals surface area contributed by atoms with Crippen molar-refractivity contribution in [2.45, 2.75) is 18.9 Å². The second-order valence-corrected chi connectivity index (χ2v) is 3.82. The summed E-state index contributed by atoms with van der Waals surface area (Å²) in [6.45, 7) is 0.748. The van der Waals surface area contributed by atoms with E-state index in [1.807, 2.05) is 18.2 Å². The molecule has 0 spiro atoms. The van der Waals surface area contributed by atoms with Crippen molar-refractivity contribution in [2.75, 3.05) is 6.54 Å². The van der Waals surface area contributed by atoms with Crippen molar-refractivity contribution in [1.29, 1.82) is 0 Å². The van der Waals surface area contributed by atoms with Crippen LogP contribution in [0, 0.1) is 5.92 Å². The van der Waals surface area contributed by atoms with Gasteiger partial charge in [0.2, 0.25) is 0 Å². The van der Waals surface area contributed by atoms with Crippen LogP contribution in [0.25, 0.3) is 0 Å². The van der Waals surface area contributed by atoms with Gasteiger partial charge in [-0.3, -0.25) is 9.78 Å². The second-order valence-electron chi connectivity index (χ2n) is 3.82. The van der Waals surface area contributed by atoms with Crippen molar-refractivity contribution in [3.05, 3.63) is 30.1 Å². The fourth-order valence-corrected chi connectivity index (χ4v) is 1.95. The van der Waals surface area contributed by atoms with Gasteiger partial charge in [-0.15, -0.1) is 0 Å². The van der Waals surface area contributed by atoms with Gasteiger partial charge in [-0.2, -0.15) is 0 Å². The Morgan fingerprint density at radius 1 is 1.53 bits per heavy atom. The van der Waals surface area contributed by atoms with E-state index >= 15 is 0 Å². The Labute approximate surface area is 88.3 Å². The fraction of sp³-hybridized carbons (Fsp3) is 0.455. The SMILES string of the molecule is O=C(O)C1CCNC(c2ccccn2)C1. The van der Waals surface area contributed by atoms with Gasteiger partial charge in [0.25, 0.3) is 0 Å². The lowest BCUT2D eigenvalue weighted by Gasteiger charge is -2.27. The molecule has 2 heterocycles. The molecule has 1 saturated heterocycles. The smallest absolute Gasteiger partial charge is 0.306 e. The van der Waals surface area contributed by atoms with Gasteiger partial charge >= 0.3 is 5.97 Å². The minimum absolute atomic E-state index is 0.0843. The highest BCUT2D eigenvalue weighted by Gasteiger charge is 2.27. The molecule has 4 nitrogen and oxygen atoms in total. The third-order valence-electron chi connectivity index (χ3n) is 2.80. The molecular formula is C11H14N2O2. The quantitative estimate of drug-likeness (QED) is 0.763. The van der Waals surface area contributed by atoms with E-state index in [2.05, 4.69) is 10.3 Å². The summed E-state index contributed by atoms with van der Waals surface area (Å²) in [6.07, 6.45) is 3.08. The third-order valence-corrected chi connectivity index (χ3v) is 2.80. The first-order chi connectivity index (χ1) is 7.27. The fourth-order valence-electron chi connectivity index (χ4n) is 1.95. The Balaban J connectivity index is 2.08. The maximum atomic E-state index is 10.9. The van der Waals surface area contributed by atoms with Crippen molar-refractivity contribution in [2.24, 2.45) is 5.92 Å². The predicted molar refractivity (Wildman–Crippen MR) is 55.3 cm³/mol. The van der Waals surface area contributed by atoms with Crippen molar-refractivity contribution in [3.8, 4) is 0 Å². The normalized spacial score (nSPS) is 26.1. The lowest BCUT2D eigenvalue weighted by molar-refractivity contribution is -0.143. The second kappa shape index (κ2) is 4.40. The van der Waals surface area contributed by atoms with Gasteiger partial charge in [-0.25, -0.2) is 0 Å². The minimum Gasteiger partial charge on any atom is -0.481 e. The van der Waals surface area contributed by atoms with Crippen molar-refractivity contribution in [3.63, 3.8) is 0 Å². The van der Waals surface area contributed by atoms with Gasteiger partial charge in [0.15, 0.2) is 0 Å². The molecule has 1 aromatic heterocycles. The lowest BCUT2D eigenvalue weighted by atomic mass is 9.91. The molecule has 4 heteroatoms. The summed E-state index contributed by atoms with van der Waals surface area (Å²) < 4.78 is 0. The van der Waals surface area contributed by atoms with Crippen LogP contribution in [0.2, 0.25) is 0 Å². The van der Waals surface area contributed by atoms with Crippen molar-refractivity contribution >= 4 is 5.97 Å². The summed E-state index contributed by atoms with van der Waals surface area (Å²) in [6, 6.07) is 5.80. The van der Waals surface area contributed by atoms with Gasteiger partial charge in [-0.1, -0.05) is 6.07 Å². The monoisotopic (exact) mass is 206 g/mol. The first kappa shape index (κ1) is 10.1. The van der Waals surface area contributed by atoms with Crippen LogP contribution in [-0.2, 0) is 4.79 Å². The Hall–Kier alpha value is -1.42. The van der Waals surface area contributed by atoms with E-state index < -0.39 is 5.97 Å². The number of carbonyl (C=O) groups is 1. The molecule has 1 aromatic rings. The topological polar surface area (TPSA) is 62.2 Å². The van der Waals surface area contributed by atoms with E-state index in [4.69, 9.17) is 5.11 Å². The minimum atomic E-state index is -0.697. The molecule has 80 valence electrons. The number of hydrogen-bond donors (Lipinski definition) is 2. The van der Waals surface area contributed by atoms with E-state index in [1.165, 1.54) is 0 Å². The zero-order chi connectivity index (χ0) is 10.7. The van der Waals surface area contributed by atoms with Crippen LogP contribution in [0.15, 0.2) is 24.4 Å². The molecular weight excluding hydrogens is 192 g/mol. The number of rotatable bonds is 2. The number of hydrogen-bond acceptors (Lipinski definition) is 3. The first-order valence-corrected chi connectivity index (χ1v) is 5.14. The highest BCUT2D eigenvalue weighted by atomic mass is 16.4. The molecule has 1 aliphatic heterocycles. The van der Waals surface area contributed by atoms with Gasteiger partial charge < -0.3 is 10.4 Å². The summed E-state index contributed by atoms with van der Waals surface area (Å²) in [5.74, 6) is -0.935. The molecule has 1 fully saturated rings. The molecule has 0 aliphatic carbocycles. The average Bonchev–Trinajstić information content (AvgIpc) is 2.30. The van der Waals surface area contributed by atoms with Crippen LogP contribution in [0.3, 0.4) is 0 Å². The van der Waals surface area contributed by atoms with Crippen LogP contribution in [-0.4, -0.2) is 22.6 Å². The number of nitrogens with zero attached hydrogens (tertiary/aromatic N) is 1. The van der Waals surface area contributed by atoms with Crippen LogP contribution >= 0.6 is 0 Å². The summed E-state index contributed by atoms with van der Waals surface area (Å²) in [5.41, 5.74) is 0.934. The Bertz CT molecular complexity index is 340. The summed E-state index contributed by atoms with van der Waals surface area (Å²) >= 11 is 0. The van der Waals surface area contributed by atoms with E-state index in [-0.39, 0.29) is 12.0 Å². The number of aliphatic carboxylic acids is 1. The summed E-state index contributed by atoms with van der Waals surface area (Å²) in [5, 5.41) is 12.2. The Morgan fingerprint density at radius 2 is 2.40 bits per heavy atom. The van der Waals surface area contributed by atoms with Crippen LogP contribution in [0.4, 0.5) is 0 Å². The van der Waals surface area contributed by atoms with E-state index in [0.29, 0.717) is 12.8 Å². The molecule has 2 unspecified atom stereocenters. The van der Waals surface area contributed by atoms with E-state index in [1.54, 1.807) is 6.20 Å². The van der Waals surface area contributed by atoms with Gasteiger partial charge in [0.1, 0.15) is 0 Å². The van der Waals surface area contributed by atoms with E-state index in [9.17, 15) is 4.79 Å². The summed E-state index contributed by atoms with van der Waals surface area (Å²) in [7, 11) is 0. The van der Waals surface area contributed by atoms with Gasteiger partial charge in [-0.05, 0) is 31.5 Å². The number of piperidine rings is 1. The molecule has 2 N–H and O–H groups in total. The molecule has 15 heavy (non-hydrogen) atoms. The lowest BCUT2D eigenvalue weighted by Crippen LogP contribution is -2.35. The molecule has 0 amide bonds. The highest BCUT2D eigenvalue weighted by Crippen LogP contribution is 2.25. The standard InChI is InChI=1S/C11H14N2O2/c14-11(15)8-4-6-13-10(7-8)9-3-1-2-5-12-9/h1-3,5,8,10,13H,4,6-7H2,(H,14,15). The maximum Gasteiger partial charge on any atom is 0.306 e. The molecule has 2 atom stereocenters. The van der Waals surface area contributed by atoms with Crippen LogP contribution < -0.4 is 5.32 Å². The zero-order valence-electron chi connectivity index (χ0n) is 8.39. The Kier molecular flexibility index (Phi) is 2.97. The molecule has 0 radical (unpaired) electrons. The number of aromatic nitrogens is 1. The highest BCUT2D eigenvalue weighted by molar-refractivity contribution is 5.70. The molecule has 0 bridgehead atoms. The van der Waals surface area contributed by atoms with Crippen molar-refractivity contribution < 1.29 is 9.90 Å². The van der Waals surface area contributed by atoms with Gasteiger partial charge in [0, 0.05) is 6.20 Å². The van der Waals surface area contributed by atoms with Crippen LogP contribution in [0.1, 0.15) is 24.6 Å². The van der Waals surface area contributed by atoms with Crippen LogP contribution in [0.5, 0.6) is 0 Å². The molecule has 0 saturated carbocycles. The molecule has 0 aromatic carbocycles.